The van der Waals surface area contributed by atoms with Gasteiger partial charge in [-0.2, -0.15) is 0 Å². The van der Waals surface area contributed by atoms with Crippen LogP contribution in [0.5, 0.6) is 0 Å². The lowest BCUT2D eigenvalue weighted by atomic mass is 9.97. The van der Waals surface area contributed by atoms with Crippen molar-refractivity contribution in [3.8, 4) is 0 Å². The zero-order valence-corrected chi connectivity index (χ0v) is 14.1. The van der Waals surface area contributed by atoms with Crippen LogP contribution < -0.4 is 0 Å². The minimum Gasteiger partial charge on any atom is -0.481 e. The van der Waals surface area contributed by atoms with Gasteiger partial charge < -0.3 is 10.2 Å². The van der Waals surface area contributed by atoms with Crippen molar-refractivity contribution in [2.45, 2.75) is 84.7 Å². The van der Waals surface area contributed by atoms with Crippen LogP contribution in [0.15, 0.2) is 12.2 Å². The average Bonchev–Trinajstić information content (AvgIpc) is 2.45. The fraction of sp³-hybridized carbons (Fsp3) is 0.833. The lowest BCUT2D eigenvalue weighted by Crippen LogP contribution is -2.15. The topological polar surface area (TPSA) is 57.5 Å². The summed E-state index contributed by atoms with van der Waals surface area (Å²) in [6, 6.07) is 0. The molecule has 0 aliphatic rings. The van der Waals surface area contributed by atoms with Crippen LogP contribution in [0.4, 0.5) is 0 Å². The van der Waals surface area contributed by atoms with Gasteiger partial charge in [0.05, 0.1) is 6.10 Å². The quantitative estimate of drug-likeness (QED) is 0.379. The first-order valence-corrected chi connectivity index (χ1v) is 8.53. The molecular formula is C18H34O3. The summed E-state index contributed by atoms with van der Waals surface area (Å²) in [5.74, 6) is 0.268. The molecule has 0 radical (unpaired) electrons. The predicted molar refractivity (Wildman–Crippen MR) is 88.3 cm³/mol. The Kier molecular flexibility index (Phi) is 12.4. The predicted octanol–water partition coefficient (Wildman–Crippen LogP) is 4.79. The van der Waals surface area contributed by atoms with Crippen molar-refractivity contribution in [1.29, 1.82) is 0 Å². The second-order valence-corrected chi connectivity index (χ2v) is 6.29. The highest BCUT2D eigenvalue weighted by Crippen LogP contribution is 2.15. The molecule has 0 amide bonds. The van der Waals surface area contributed by atoms with Crippen LogP contribution >= 0.6 is 0 Å². The van der Waals surface area contributed by atoms with Crippen LogP contribution in [-0.2, 0) is 4.79 Å². The van der Waals surface area contributed by atoms with Crippen molar-refractivity contribution in [3.63, 3.8) is 0 Å². The summed E-state index contributed by atoms with van der Waals surface area (Å²) in [4.78, 5) is 10.4. The Morgan fingerprint density at radius 1 is 1.10 bits per heavy atom. The minimum atomic E-state index is -0.732. The number of allylic oxidation sites excluding steroid dienone is 1. The van der Waals surface area contributed by atoms with Gasteiger partial charge in [-0.15, -0.1) is 0 Å². The van der Waals surface area contributed by atoms with E-state index in [1.807, 2.05) is 6.92 Å². The van der Waals surface area contributed by atoms with Crippen molar-refractivity contribution in [2.75, 3.05) is 0 Å². The van der Waals surface area contributed by atoms with Gasteiger partial charge in [0.2, 0.25) is 0 Å². The van der Waals surface area contributed by atoms with Crippen LogP contribution in [0.3, 0.4) is 0 Å². The molecule has 0 aromatic heterocycles. The van der Waals surface area contributed by atoms with Gasteiger partial charge in [-0.1, -0.05) is 58.6 Å². The molecule has 21 heavy (non-hydrogen) atoms. The highest BCUT2D eigenvalue weighted by atomic mass is 16.4. The van der Waals surface area contributed by atoms with Crippen LogP contribution in [0.1, 0.15) is 78.6 Å². The smallest absolute Gasteiger partial charge is 0.303 e. The van der Waals surface area contributed by atoms with E-state index in [0.29, 0.717) is 6.42 Å². The summed E-state index contributed by atoms with van der Waals surface area (Å²) in [7, 11) is 0. The number of hydrogen-bond donors (Lipinski definition) is 2. The van der Waals surface area contributed by atoms with Gasteiger partial charge in [0, 0.05) is 6.42 Å². The maximum atomic E-state index is 10.4. The molecule has 2 N–H and O–H groups in total. The molecule has 0 heterocycles. The molecule has 0 aliphatic heterocycles. The number of unbranched alkanes of at least 4 members (excludes halogenated alkanes) is 3. The summed E-state index contributed by atoms with van der Waals surface area (Å²) < 4.78 is 0. The molecule has 3 atom stereocenters. The Bertz CT molecular complexity index is 286. The van der Waals surface area contributed by atoms with Crippen molar-refractivity contribution in [3.05, 3.63) is 12.2 Å². The maximum absolute atomic E-state index is 10.4. The summed E-state index contributed by atoms with van der Waals surface area (Å²) in [6.45, 7) is 6.57. The van der Waals surface area contributed by atoms with Crippen molar-refractivity contribution >= 4 is 5.97 Å². The van der Waals surface area contributed by atoms with Gasteiger partial charge in [0.25, 0.3) is 0 Å². The normalized spacial score (nSPS) is 16.0. The third-order valence-electron chi connectivity index (χ3n) is 4.20. The number of carboxylic acids is 1. The van der Waals surface area contributed by atoms with E-state index < -0.39 is 5.97 Å². The Hall–Kier alpha value is -0.830. The molecule has 0 bridgehead atoms. The fourth-order valence-corrected chi connectivity index (χ4v) is 2.30. The summed E-state index contributed by atoms with van der Waals surface area (Å²) in [6.07, 6.45) is 12.4. The minimum absolute atomic E-state index is 0.188. The number of hydrogen-bond acceptors (Lipinski definition) is 2. The van der Waals surface area contributed by atoms with Crippen molar-refractivity contribution < 1.29 is 15.0 Å². The SMILES string of the molecule is CC[C@H](C)CCC/C=C\[C@H](C)[C@H](O)CCCCCC(=O)O. The molecule has 0 spiro atoms. The van der Waals surface area contributed by atoms with Crippen LogP contribution in [0.2, 0.25) is 0 Å². The summed E-state index contributed by atoms with van der Waals surface area (Å²) >= 11 is 0. The Morgan fingerprint density at radius 3 is 2.43 bits per heavy atom. The number of carbonyl (C=O) groups is 1. The lowest BCUT2D eigenvalue weighted by molar-refractivity contribution is -0.137. The molecule has 0 aromatic rings. The molecule has 0 saturated carbocycles. The Balaban J connectivity index is 3.64. The van der Waals surface area contributed by atoms with Crippen LogP contribution in [-0.4, -0.2) is 22.3 Å². The fourth-order valence-electron chi connectivity index (χ4n) is 2.30. The van der Waals surface area contributed by atoms with Gasteiger partial charge in [0.1, 0.15) is 0 Å². The molecule has 124 valence electrons. The summed E-state index contributed by atoms with van der Waals surface area (Å²) in [5.41, 5.74) is 0. The first-order valence-electron chi connectivity index (χ1n) is 8.53. The Morgan fingerprint density at radius 2 is 1.81 bits per heavy atom. The van der Waals surface area contributed by atoms with E-state index in [1.54, 1.807) is 0 Å². The molecule has 3 heteroatoms. The van der Waals surface area contributed by atoms with Crippen LogP contribution in [0, 0.1) is 11.8 Å². The number of carboxylic acid groups (broad SMARTS) is 1. The highest BCUT2D eigenvalue weighted by molar-refractivity contribution is 5.66. The summed E-state index contributed by atoms with van der Waals surface area (Å²) in [5, 5.41) is 18.6. The molecular weight excluding hydrogens is 264 g/mol. The van der Waals surface area contributed by atoms with Gasteiger partial charge >= 0.3 is 5.97 Å². The molecule has 0 aromatic carbocycles. The maximum Gasteiger partial charge on any atom is 0.303 e. The monoisotopic (exact) mass is 298 g/mol. The van der Waals surface area contributed by atoms with Gasteiger partial charge in [-0.3, -0.25) is 4.79 Å². The molecule has 0 fully saturated rings. The first kappa shape index (κ1) is 20.2. The third-order valence-corrected chi connectivity index (χ3v) is 4.20. The van der Waals surface area contributed by atoms with Crippen molar-refractivity contribution in [2.24, 2.45) is 11.8 Å². The van der Waals surface area contributed by atoms with E-state index >= 15 is 0 Å². The second-order valence-electron chi connectivity index (χ2n) is 6.29. The van der Waals surface area contributed by atoms with E-state index in [2.05, 4.69) is 26.0 Å². The van der Waals surface area contributed by atoms with E-state index in [0.717, 1.165) is 31.6 Å². The van der Waals surface area contributed by atoms with E-state index in [-0.39, 0.29) is 18.4 Å². The number of aliphatic hydroxyl groups is 1. The zero-order valence-electron chi connectivity index (χ0n) is 14.1. The van der Waals surface area contributed by atoms with Crippen LogP contribution in [0.25, 0.3) is 0 Å². The van der Waals surface area contributed by atoms with Gasteiger partial charge in [-0.05, 0) is 37.5 Å². The van der Waals surface area contributed by atoms with E-state index in [4.69, 9.17) is 5.11 Å². The highest BCUT2D eigenvalue weighted by Gasteiger charge is 2.10. The molecule has 0 aliphatic carbocycles. The van der Waals surface area contributed by atoms with E-state index in [1.165, 1.54) is 19.3 Å². The molecule has 0 saturated heterocycles. The Labute approximate surface area is 130 Å². The largest absolute Gasteiger partial charge is 0.481 e. The molecule has 3 nitrogen and oxygen atoms in total. The first-order chi connectivity index (χ1) is 9.97. The molecule has 0 rings (SSSR count). The lowest BCUT2D eigenvalue weighted by Gasteiger charge is -2.15. The second kappa shape index (κ2) is 12.9. The van der Waals surface area contributed by atoms with Crippen molar-refractivity contribution in [1.82, 2.24) is 0 Å². The average molecular weight is 298 g/mol. The number of aliphatic hydroxyl groups excluding tert-OH is 1. The van der Waals surface area contributed by atoms with Gasteiger partial charge in [-0.25, -0.2) is 0 Å². The molecule has 0 unspecified atom stereocenters. The van der Waals surface area contributed by atoms with Gasteiger partial charge in [0.15, 0.2) is 0 Å². The number of aliphatic carboxylic acids is 1. The van der Waals surface area contributed by atoms with E-state index in [9.17, 15) is 9.90 Å². The third kappa shape index (κ3) is 12.6. The number of rotatable bonds is 13. The zero-order chi connectivity index (χ0) is 16.1. The standard InChI is InChI=1S/C18H34O3/c1-4-15(2)11-7-5-8-12-16(3)17(19)13-9-6-10-14-18(20)21/h8,12,15-17,19H,4-7,9-11,13-14H2,1-3H3,(H,20,21)/b12-8-/t15-,16-,17+/m0/s1.